The second-order valence-corrected chi connectivity index (χ2v) is 8.04. The highest BCUT2D eigenvalue weighted by Crippen LogP contribution is 2.40. The Balaban J connectivity index is 1.71. The van der Waals surface area contributed by atoms with Gasteiger partial charge >= 0.3 is 0 Å². The van der Waals surface area contributed by atoms with Gasteiger partial charge in [0.1, 0.15) is 0 Å². The van der Waals surface area contributed by atoms with E-state index in [1.54, 1.807) is 0 Å². The van der Waals surface area contributed by atoms with Crippen LogP contribution in [0.25, 0.3) is 16.8 Å². The van der Waals surface area contributed by atoms with Crippen molar-refractivity contribution in [1.29, 1.82) is 0 Å². The molecule has 1 nitrogen and oxygen atoms in total. The van der Waals surface area contributed by atoms with Gasteiger partial charge in [-0.05, 0) is 59.0 Å². The molecule has 1 N–H and O–H groups in total. The quantitative estimate of drug-likeness (QED) is 0.351. The van der Waals surface area contributed by atoms with Crippen LogP contribution in [0.15, 0.2) is 133 Å². The minimum absolute atomic E-state index is 1.08. The summed E-state index contributed by atoms with van der Waals surface area (Å²) in [6.07, 6.45) is 4.61. The SMILES string of the molecule is Cc1ccc(N/C(=C2/C=C(c3ccccc3)C=C2c2ccccc2)c2ccccc2)cc1. The number of anilines is 1. The summed E-state index contributed by atoms with van der Waals surface area (Å²) in [5.41, 5.74) is 10.7. The maximum absolute atomic E-state index is 3.73. The van der Waals surface area contributed by atoms with Gasteiger partial charge < -0.3 is 5.32 Å². The van der Waals surface area contributed by atoms with Crippen molar-refractivity contribution in [3.05, 3.63) is 155 Å². The molecule has 1 heteroatoms. The van der Waals surface area contributed by atoms with Crippen LogP contribution in [-0.4, -0.2) is 0 Å². The predicted octanol–water partition coefficient (Wildman–Crippen LogP) is 8.00. The van der Waals surface area contributed by atoms with Crippen LogP contribution in [0.5, 0.6) is 0 Å². The largest absolute Gasteiger partial charge is 0.355 e. The Morgan fingerprint density at radius 1 is 0.562 bits per heavy atom. The van der Waals surface area contributed by atoms with Gasteiger partial charge in [-0.3, -0.25) is 0 Å². The maximum atomic E-state index is 3.73. The monoisotopic (exact) mass is 411 g/mol. The van der Waals surface area contributed by atoms with Crippen molar-refractivity contribution in [1.82, 2.24) is 0 Å². The lowest BCUT2D eigenvalue weighted by Crippen LogP contribution is -2.03. The van der Waals surface area contributed by atoms with Crippen molar-refractivity contribution in [3.63, 3.8) is 0 Å². The Morgan fingerprint density at radius 3 is 1.75 bits per heavy atom. The zero-order valence-corrected chi connectivity index (χ0v) is 18.1. The summed E-state index contributed by atoms with van der Waals surface area (Å²) in [7, 11) is 0. The van der Waals surface area contributed by atoms with Crippen molar-refractivity contribution in [3.8, 4) is 0 Å². The number of aryl methyl sites for hydroxylation is 1. The standard InChI is InChI=1S/C31H25N/c1-23-17-19-28(20-18-23)32-31(26-15-9-4-10-16-26)30-22-27(24-11-5-2-6-12-24)21-29(30)25-13-7-3-8-14-25/h2-22,32H,1H3/b31-30-. The van der Waals surface area contributed by atoms with Gasteiger partial charge in [0.25, 0.3) is 0 Å². The molecule has 0 amide bonds. The smallest absolute Gasteiger partial charge is 0.0537 e. The van der Waals surface area contributed by atoms with E-state index < -0.39 is 0 Å². The summed E-state index contributed by atoms with van der Waals surface area (Å²) >= 11 is 0. The van der Waals surface area contributed by atoms with Crippen LogP contribution < -0.4 is 5.32 Å². The molecular formula is C31H25N. The fourth-order valence-electron chi connectivity index (χ4n) is 4.05. The highest BCUT2D eigenvalue weighted by atomic mass is 14.9. The van der Waals surface area contributed by atoms with Crippen LogP contribution in [0.3, 0.4) is 0 Å². The molecule has 1 aliphatic carbocycles. The minimum Gasteiger partial charge on any atom is -0.355 e. The summed E-state index contributed by atoms with van der Waals surface area (Å²) in [6, 6.07) is 40.4. The third-order valence-electron chi connectivity index (χ3n) is 5.73. The number of hydrogen-bond donors (Lipinski definition) is 1. The zero-order valence-electron chi connectivity index (χ0n) is 18.1. The Bertz CT molecular complexity index is 1290. The third kappa shape index (κ3) is 4.19. The molecule has 0 saturated carbocycles. The van der Waals surface area contributed by atoms with Crippen molar-refractivity contribution in [2.24, 2.45) is 0 Å². The van der Waals surface area contributed by atoms with Crippen LogP contribution in [0, 0.1) is 6.92 Å². The first kappa shape index (κ1) is 19.8. The summed E-state index contributed by atoms with van der Waals surface area (Å²) in [5.74, 6) is 0. The molecule has 0 bridgehead atoms. The van der Waals surface area contributed by atoms with Crippen molar-refractivity contribution in [2.75, 3.05) is 5.32 Å². The highest BCUT2D eigenvalue weighted by Gasteiger charge is 2.20. The Kier molecular flexibility index (Phi) is 5.55. The molecule has 0 atom stereocenters. The normalized spacial score (nSPS) is 14.5. The van der Waals surface area contributed by atoms with Crippen LogP contribution in [0.4, 0.5) is 5.69 Å². The van der Waals surface area contributed by atoms with Gasteiger partial charge in [0.2, 0.25) is 0 Å². The third-order valence-corrected chi connectivity index (χ3v) is 5.73. The van der Waals surface area contributed by atoms with Crippen LogP contribution in [0.2, 0.25) is 0 Å². The molecule has 0 saturated heterocycles. The number of rotatable bonds is 5. The number of benzene rings is 4. The van der Waals surface area contributed by atoms with E-state index in [0.717, 1.165) is 16.9 Å². The predicted molar refractivity (Wildman–Crippen MR) is 137 cm³/mol. The highest BCUT2D eigenvalue weighted by molar-refractivity contribution is 6.05. The van der Waals surface area contributed by atoms with Gasteiger partial charge in [-0.25, -0.2) is 0 Å². The second kappa shape index (κ2) is 8.95. The number of allylic oxidation sites excluding steroid dienone is 5. The Morgan fingerprint density at radius 2 is 1.12 bits per heavy atom. The van der Waals surface area contributed by atoms with Crippen LogP contribution in [-0.2, 0) is 0 Å². The van der Waals surface area contributed by atoms with Crippen molar-refractivity contribution in [2.45, 2.75) is 6.92 Å². The maximum Gasteiger partial charge on any atom is 0.0537 e. The van der Waals surface area contributed by atoms with Gasteiger partial charge in [0.15, 0.2) is 0 Å². The number of hydrogen-bond acceptors (Lipinski definition) is 1. The van der Waals surface area contributed by atoms with Crippen molar-refractivity contribution < 1.29 is 0 Å². The van der Waals surface area contributed by atoms with E-state index in [-0.39, 0.29) is 0 Å². The lowest BCUT2D eigenvalue weighted by molar-refractivity contribution is 1.45. The average Bonchev–Trinajstić information content (AvgIpc) is 3.30. The molecular weight excluding hydrogens is 386 g/mol. The van der Waals surface area contributed by atoms with Crippen LogP contribution >= 0.6 is 0 Å². The first-order chi connectivity index (χ1) is 15.8. The zero-order chi connectivity index (χ0) is 21.8. The van der Waals surface area contributed by atoms with E-state index in [1.165, 1.54) is 33.4 Å². The van der Waals surface area contributed by atoms with E-state index in [2.05, 4.69) is 140 Å². The number of nitrogens with one attached hydrogen (secondary N) is 1. The van der Waals surface area contributed by atoms with Gasteiger partial charge in [0, 0.05) is 11.3 Å². The van der Waals surface area contributed by atoms with E-state index in [9.17, 15) is 0 Å². The molecule has 5 rings (SSSR count). The first-order valence-electron chi connectivity index (χ1n) is 11.0. The molecule has 0 unspecified atom stereocenters. The molecule has 4 aromatic carbocycles. The Labute approximate surface area is 190 Å². The van der Waals surface area contributed by atoms with Gasteiger partial charge in [-0.1, -0.05) is 109 Å². The molecule has 0 aromatic heterocycles. The molecule has 0 heterocycles. The molecule has 154 valence electrons. The molecule has 1 aliphatic rings. The van der Waals surface area contributed by atoms with Crippen molar-refractivity contribution >= 4 is 22.5 Å². The lowest BCUT2D eigenvalue weighted by atomic mass is 9.96. The fraction of sp³-hybridized carbons (Fsp3) is 0.0323. The van der Waals surface area contributed by atoms with E-state index in [1.807, 2.05) is 0 Å². The topological polar surface area (TPSA) is 12.0 Å². The summed E-state index contributed by atoms with van der Waals surface area (Å²) in [5, 5.41) is 3.73. The fourth-order valence-corrected chi connectivity index (χ4v) is 4.05. The lowest BCUT2D eigenvalue weighted by Gasteiger charge is -2.17. The molecule has 0 radical (unpaired) electrons. The Hall–Kier alpha value is -4.10. The average molecular weight is 412 g/mol. The molecule has 4 aromatic rings. The van der Waals surface area contributed by atoms with E-state index in [0.29, 0.717) is 0 Å². The van der Waals surface area contributed by atoms with Gasteiger partial charge in [-0.15, -0.1) is 0 Å². The van der Waals surface area contributed by atoms with Gasteiger partial charge in [-0.2, -0.15) is 0 Å². The van der Waals surface area contributed by atoms with E-state index >= 15 is 0 Å². The summed E-state index contributed by atoms with van der Waals surface area (Å²) in [6.45, 7) is 2.11. The summed E-state index contributed by atoms with van der Waals surface area (Å²) < 4.78 is 0. The van der Waals surface area contributed by atoms with Gasteiger partial charge in [0.05, 0.1) is 5.70 Å². The second-order valence-electron chi connectivity index (χ2n) is 8.04. The minimum atomic E-state index is 1.08. The molecule has 0 aliphatic heterocycles. The molecule has 0 fully saturated rings. The molecule has 32 heavy (non-hydrogen) atoms. The van der Waals surface area contributed by atoms with Crippen LogP contribution in [0.1, 0.15) is 22.3 Å². The first-order valence-corrected chi connectivity index (χ1v) is 11.0. The molecule has 0 spiro atoms. The van der Waals surface area contributed by atoms with E-state index in [4.69, 9.17) is 0 Å². The summed E-state index contributed by atoms with van der Waals surface area (Å²) in [4.78, 5) is 0.